The van der Waals surface area contributed by atoms with Gasteiger partial charge in [-0.25, -0.2) is 0 Å². The zero-order chi connectivity index (χ0) is 17.5. The van der Waals surface area contributed by atoms with E-state index in [0.29, 0.717) is 13.1 Å². The van der Waals surface area contributed by atoms with E-state index >= 15 is 0 Å². The molecule has 0 aliphatic carbocycles. The van der Waals surface area contributed by atoms with Crippen LogP contribution in [0.25, 0.3) is 0 Å². The summed E-state index contributed by atoms with van der Waals surface area (Å²) in [4.78, 5) is 30.3. The van der Waals surface area contributed by atoms with E-state index < -0.39 is 5.97 Å². The number of halogens is 1. The fraction of sp³-hybridized carbons (Fsp3) is 0.647. The smallest absolute Gasteiger partial charge is 0.317 e. The van der Waals surface area contributed by atoms with E-state index in [2.05, 4.69) is 4.90 Å². The third kappa shape index (κ3) is 7.32. The Morgan fingerprint density at radius 3 is 2.72 bits per heavy atom. The Hall–Kier alpha value is -1.15. The summed E-state index contributed by atoms with van der Waals surface area (Å²) in [6.07, 6.45) is 2.89. The summed E-state index contributed by atoms with van der Waals surface area (Å²) in [7, 11) is 3.72. The number of nitrogens with zero attached hydrogens (tertiary/aromatic N) is 3. The summed E-state index contributed by atoms with van der Waals surface area (Å²) in [5.41, 5.74) is 0. The van der Waals surface area contributed by atoms with Crippen LogP contribution in [-0.2, 0) is 16.1 Å². The normalized spacial score (nSPS) is 18.4. The predicted octanol–water partition coefficient (Wildman–Crippen LogP) is 2.00. The lowest BCUT2D eigenvalue weighted by molar-refractivity contribution is -0.138. The Morgan fingerprint density at radius 2 is 2.08 bits per heavy atom. The number of amides is 1. The molecule has 0 saturated carbocycles. The molecule has 8 heteroatoms. The van der Waals surface area contributed by atoms with Crippen molar-refractivity contribution in [2.75, 3.05) is 40.3 Å². The van der Waals surface area contributed by atoms with Crippen molar-refractivity contribution < 1.29 is 14.7 Å². The zero-order valence-corrected chi connectivity index (χ0v) is 16.5. The average molecular weight is 390 g/mol. The number of rotatable bonds is 7. The van der Waals surface area contributed by atoms with Crippen LogP contribution in [0.15, 0.2) is 17.5 Å². The fourth-order valence-electron chi connectivity index (χ4n) is 3.12. The lowest BCUT2D eigenvalue weighted by atomic mass is 10.1. The van der Waals surface area contributed by atoms with Crippen molar-refractivity contribution in [3.63, 3.8) is 0 Å². The highest BCUT2D eigenvalue weighted by atomic mass is 35.5. The van der Waals surface area contributed by atoms with E-state index in [1.807, 2.05) is 36.5 Å². The topological polar surface area (TPSA) is 64.1 Å². The molecule has 1 unspecified atom stereocenters. The number of carboxylic acid groups (broad SMARTS) is 1. The summed E-state index contributed by atoms with van der Waals surface area (Å²) in [6, 6.07) is 4.33. The van der Waals surface area contributed by atoms with E-state index in [9.17, 15) is 9.59 Å². The van der Waals surface area contributed by atoms with Gasteiger partial charge in [0.25, 0.3) is 0 Å². The van der Waals surface area contributed by atoms with Gasteiger partial charge in [0.2, 0.25) is 5.91 Å². The molecule has 1 aliphatic heterocycles. The number of carbonyl (C=O) groups excluding carboxylic acids is 1. The minimum absolute atomic E-state index is 0. The molecule has 1 amide bonds. The lowest BCUT2D eigenvalue weighted by Crippen LogP contribution is -2.39. The third-order valence-electron chi connectivity index (χ3n) is 4.56. The SMILES string of the molecule is CN(Cc1cccs1)C(=O)CN1CCCC(N(C)CC(=O)O)CC1.Cl. The molecular formula is C17H28ClN3O3S. The molecule has 1 aromatic heterocycles. The number of hydrogen-bond acceptors (Lipinski definition) is 5. The maximum absolute atomic E-state index is 12.4. The van der Waals surface area contributed by atoms with Crippen LogP contribution >= 0.6 is 23.7 Å². The number of carboxylic acids is 1. The minimum Gasteiger partial charge on any atom is -0.480 e. The van der Waals surface area contributed by atoms with Gasteiger partial charge in [0.15, 0.2) is 0 Å². The summed E-state index contributed by atoms with van der Waals surface area (Å²) in [5, 5.41) is 10.9. The molecule has 1 aliphatic rings. The van der Waals surface area contributed by atoms with Gasteiger partial charge in [-0.1, -0.05) is 6.07 Å². The maximum Gasteiger partial charge on any atom is 0.317 e. The Morgan fingerprint density at radius 1 is 1.32 bits per heavy atom. The van der Waals surface area contributed by atoms with Gasteiger partial charge in [0.05, 0.1) is 19.6 Å². The van der Waals surface area contributed by atoms with Crippen molar-refractivity contribution in [1.29, 1.82) is 0 Å². The number of hydrogen-bond donors (Lipinski definition) is 1. The van der Waals surface area contributed by atoms with Crippen molar-refractivity contribution in [3.8, 4) is 0 Å². The molecule has 25 heavy (non-hydrogen) atoms. The third-order valence-corrected chi connectivity index (χ3v) is 5.42. The monoisotopic (exact) mass is 389 g/mol. The van der Waals surface area contributed by atoms with E-state index in [-0.39, 0.29) is 30.9 Å². The van der Waals surface area contributed by atoms with E-state index in [1.165, 1.54) is 4.88 Å². The molecule has 0 radical (unpaired) electrons. The van der Waals surface area contributed by atoms with Crippen molar-refractivity contribution in [2.24, 2.45) is 0 Å². The van der Waals surface area contributed by atoms with Crippen LogP contribution in [-0.4, -0.2) is 78.0 Å². The Kier molecular flexibility index (Phi) is 9.42. The van der Waals surface area contributed by atoms with Crippen molar-refractivity contribution in [1.82, 2.24) is 14.7 Å². The molecule has 6 nitrogen and oxygen atoms in total. The molecular weight excluding hydrogens is 362 g/mol. The minimum atomic E-state index is -0.788. The van der Waals surface area contributed by atoms with Gasteiger partial charge in [-0.05, 0) is 44.3 Å². The molecule has 2 heterocycles. The largest absolute Gasteiger partial charge is 0.480 e. The summed E-state index contributed by atoms with van der Waals surface area (Å²) >= 11 is 1.67. The molecule has 0 bridgehead atoms. The maximum atomic E-state index is 12.4. The Labute approximate surface area is 159 Å². The molecule has 1 fully saturated rings. The second-order valence-electron chi connectivity index (χ2n) is 6.50. The van der Waals surface area contributed by atoms with Gasteiger partial charge in [-0.15, -0.1) is 23.7 Å². The number of likely N-dealkylation sites (N-methyl/N-ethyl adjacent to an activating group) is 2. The molecule has 2 rings (SSSR count). The molecule has 142 valence electrons. The first-order valence-electron chi connectivity index (χ1n) is 8.36. The number of thiophene rings is 1. The molecule has 1 saturated heterocycles. The zero-order valence-electron chi connectivity index (χ0n) is 14.9. The number of carbonyl (C=O) groups is 2. The van der Waals surface area contributed by atoms with Gasteiger partial charge >= 0.3 is 5.97 Å². The van der Waals surface area contributed by atoms with E-state index in [4.69, 9.17) is 5.11 Å². The lowest BCUT2D eigenvalue weighted by Gasteiger charge is -2.26. The van der Waals surface area contributed by atoms with Crippen molar-refractivity contribution >= 4 is 35.6 Å². The molecule has 0 aromatic carbocycles. The molecule has 0 spiro atoms. The van der Waals surface area contributed by atoms with Gasteiger partial charge in [-0.2, -0.15) is 0 Å². The fourth-order valence-corrected chi connectivity index (χ4v) is 3.87. The molecule has 1 aromatic rings. The second-order valence-corrected chi connectivity index (χ2v) is 7.53. The van der Waals surface area contributed by atoms with Gasteiger partial charge in [0, 0.05) is 24.5 Å². The van der Waals surface area contributed by atoms with Crippen LogP contribution in [0.1, 0.15) is 24.1 Å². The standard InChI is InChI=1S/C17H27N3O3S.ClH/c1-18(13-17(22)23)14-5-3-8-20(9-7-14)12-16(21)19(2)11-15-6-4-10-24-15;/h4,6,10,14H,3,5,7-9,11-13H2,1-2H3,(H,22,23);1H. The highest BCUT2D eigenvalue weighted by Crippen LogP contribution is 2.16. The average Bonchev–Trinajstić information content (AvgIpc) is 2.90. The first-order chi connectivity index (χ1) is 11.5. The van der Waals surface area contributed by atoms with Gasteiger partial charge in [-0.3, -0.25) is 19.4 Å². The Bertz CT molecular complexity index is 541. The highest BCUT2D eigenvalue weighted by molar-refractivity contribution is 7.09. The van der Waals surface area contributed by atoms with E-state index in [0.717, 1.165) is 32.4 Å². The summed E-state index contributed by atoms with van der Waals surface area (Å²) < 4.78 is 0. The second kappa shape index (κ2) is 10.8. The summed E-state index contributed by atoms with van der Waals surface area (Å²) in [5.74, 6) is -0.648. The van der Waals surface area contributed by atoms with Crippen LogP contribution in [0.3, 0.4) is 0 Å². The first kappa shape index (κ1) is 21.9. The van der Waals surface area contributed by atoms with Crippen LogP contribution in [0.2, 0.25) is 0 Å². The molecule has 1 atom stereocenters. The molecule has 1 N–H and O–H groups in total. The highest BCUT2D eigenvalue weighted by Gasteiger charge is 2.23. The van der Waals surface area contributed by atoms with E-state index in [1.54, 1.807) is 16.2 Å². The predicted molar refractivity (Wildman–Crippen MR) is 102 cm³/mol. The van der Waals surface area contributed by atoms with Gasteiger partial charge in [0.1, 0.15) is 0 Å². The van der Waals surface area contributed by atoms with Crippen LogP contribution < -0.4 is 0 Å². The quantitative estimate of drug-likeness (QED) is 0.772. The number of likely N-dealkylation sites (tertiary alicyclic amines) is 1. The van der Waals surface area contributed by atoms with Crippen molar-refractivity contribution in [2.45, 2.75) is 31.8 Å². The first-order valence-corrected chi connectivity index (χ1v) is 9.24. The van der Waals surface area contributed by atoms with Gasteiger partial charge < -0.3 is 10.0 Å². The van der Waals surface area contributed by atoms with Crippen LogP contribution in [0.4, 0.5) is 0 Å². The Balaban J connectivity index is 0.00000312. The van der Waals surface area contributed by atoms with Crippen LogP contribution in [0.5, 0.6) is 0 Å². The number of aliphatic carboxylic acids is 1. The van der Waals surface area contributed by atoms with Crippen molar-refractivity contribution in [3.05, 3.63) is 22.4 Å². The summed E-state index contributed by atoms with van der Waals surface area (Å²) in [6.45, 7) is 2.92. The van der Waals surface area contributed by atoms with Crippen LogP contribution in [0, 0.1) is 0 Å².